The van der Waals surface area contributed by atoms with Gasteiger partial charge in [-0.25, -0.2) is 14.8 Å². The van der Waals surface area contributed by atoms with Crippen molar-refractivity contribution in [1.29, 1.82) is 0 Å². The van der Waals surface area contributed by atoms with Crippen LogP contribution >= 0.6 is 0 Å². The van der Waals surface area contributed by atoms with E-state index in [1.807, 2.05) is 63.6 Å². The third kappa shape index (κ3) is 4.25. The number of urea groups is 1. The molecule has 10 heteroatoms. The first-order valence-corrected chi connectivity index (χ1v) is 11.8. The van der Waals surface area contributed by atoms with E-state index in [1.165, 1.54) is 6.33 Å². The van der Waals surface area contributed by atoms with E-state index in [2.05, 4.69) is 25.3 Å². The number of aryl methyl sites for hydroxylation is 1. The molecule has 5 rings (SSSR count). The summed E-state index contributed by atoms with van der Waals surface area (Å²) in [5, 5.41) is 8.47. The Morgan fingerprint density at radius 2 is 1.89 bits per heavy atom. The standard InChI is InChI=1S/C26H30N8O2/c1-16-25(27)34(11-10-32(16)2)26(35)30-21-12-18-20(13-22(21)36-4)28-15-29-24(18)19-14-33(3)31-23(19)17-8-6-5-7-9-17/h5-9,12-16,25H,10-11,27H2,1-4H3,(H,30,35)/t16-,25-/m1/s1. The number of anilines is 1. The maximum Gasteiger partial charge on any atom is 0.323 e. The Bertz CT molecular complexity index is 1400. The smallest absolute Gasteiger partial charge is 0.323 e. The molecular formula is C26H30N8O2. The van der Waals surface area contributed by atoms with Gasteiger partial charge in [0.1, 0.15) is 17.8 Å². The largest absolute Gasteiger partial charge is 0.494 e. The first-order chi connectivity index (χ1) is 17.4. The maximum absolute atomic E-state index is 13.2. The van der Waals surface area contributed by atoms with Gasteiger partial charge in [0.2, 0.25) is 0 Å². The normalized spacial score (nSPS) is 18.4. The number of nitrogens with one attached hydrogen (secondary N) is 1. The number of aromatic nitrogens is 4. The van der Waals surface area contributed by atoms with Crippen LogP contribution in [0.1, 0.15) is 6.92 Å². The van der Waals surface area contributed by atoms with E-state index >= 15 is 0 Å². The number of nitrogens with two attached hydrogens (primary N) is 1. The van der Waals surface area contributed by atoms with Crippen LogP contribution in [-0.4, -0.2) is 75.0 Å². The predicted octanol–water partition coefficient (Wildman–Crippen LogP) is 3.16. The minimum absolute atomic E-state index is 0.0463. The molecule has 2 atom stereocenters. The summed E-state index contributed by atoms with van der Waals surface area (Å²) in [5.74, 6) is 0.505. The Hall–Kier alpha value is -4.02. The minimum atomic E-state index is -0.419. The molecule has 3 N–H and O–H groups in total. The molecule has 0 unspecified atom stereocenters. The molecule has 2 aromatic heterocycles. The number of benzene rings is 2. The fourth-order valence-corrected chi connectivity index (χ4v) is 4.60. The summed E-state index contributed by atoms with van der Waals surface area (Å²) in [6.45, 7) is 3.30. The van der Waals surface area contributed by atoms with Crippen LogP contribution in [0.3, 0.4) is 0 Å². The number of nitrogens with zero attached hydrogens (tertiary/aromatic N) is 6. The molecule has 0 saturated carbocycles. The van der Waals surface area contributed by atoms with Crippen molar-refractivity contribution in [2.45, 2.75) is 19.1 Å². The number of hydrogen-bond acceptors (Lipinski definition) is 7. The van der Waals surface area contributed by atoms with Crippen molar-refractivity contribution in [1.82, 2.24) is 29.5 Å². The number of hydrogen-bond donors (Lipinski definition) is 2. The molecule has 10 nitrogen and oxygen atoms in total. The van der Waals surface area contributed by atoms with Gasteiger partial charge in [0.05, 0.1) is 30.2 Å². The fraction of sp³-hybridized carbons (Fsp3) is 0.308. The van der Waals surface area contributed by atoms with Gasteiger partial charge in [-0.05, 0) is 20.0 Å². The van der Waals surface area contributed by atoms with Crippen molar-refractivity contribution in [2.24, 2.45) is 12.8 Å². The lowest BCUT2D eigenvalue weighted by Gasteiger charge is -2.42. The van der Waals surface area contributed by atoms with Crippen LogP contribution in [0, 0.1) is 0 Å². The quantitative estimate of drug-likeness (QED) is 0.455. The third-order valence-corrected chi connectivity index (χ3v) is 6.83. The van der Waals surface area contributed by atoms with E-state index in [0.717, 1.165) is 34.4 Å². The molecule has 0 radical (unpaired) electrons. The van der Waals surface area contributed by atoms with Gasteiger partial charge >= 0.3 is 6.03 Å². The van der Waals surface area contributed by atoms with Crippen molar-refractivity contribution in [3.63, 3.8) is 0 Å². The molecule has 4 aromatic rings. The van der Waals surface area contributed by atoms with Gasteiger partial charge in [-0.15, -0.1) is 0 Å². The zero-order valence-electron chi connectivity index (χ0n) is 20.8. The van der Waals surface area contributed by atoms with E-state index in [9.17, 15) is 4.79 Å². The molecule has 0 aliphatic carbocycles. The van der Waals surface area contributed by atoms with Crippen molar-refractivity contribution < 1.29 is 9.53 Å². The number of likely N-dealkylation sites (N-methyl/N-ethyl adjacent to an activating group) is 1. The first-order valence-electron chi connectivity index (χ1n) is 11.8. The zero-order valence-corrected chi connectivity index (χ0v) is 20.8. The summed E-state index contributed by atoms with van der Waals surface area (Å²) in [7, 11) is 5.46. The van der Waals surface area contributed by atoms with Crippen molar-refractivity contribution in [3.05, 3.63) is 55.0 Å². The van der Waals surface area contributed by atoms with Crippen molar-refractivity contribution in [3.8, 4) is 28.3 Å². The minimum Gasteiger partial charge on any atom is -0.494 e. The van der Waals surface area contributed by atoms with Crippen LogP contribution in [0.4, 0.5) is 10.5 Å². The van der Waals surface area contributed by atoms with Gasteiger partial charge in [0.25, 0.3) is 0 Å². The summed E-state index contributed by atoms with van der Waals surface area (Å²) >= 11 is 0. The molecular weight excluding hydrogens is 456 g/mol. The number of ether oxygens (including phenoxy) is 1. The van der Waals surface area contributed by atoms with Crippen LogP contribution in [-0.2, 0) is 7.05 Å². The molecule has 1 aliphatic rings. The van der Waals surface area contributed by atoms with Crippen LogP contribution in [0.15, 0.2) is 55.0 Å². The van der Waals surface area contributed by atoms with Crippen molar-refractivity contribution in [2.75, 3.05) is 32.6 Å². The van der Waals surface area contributed by atoms with E-state index < -0.39 is 6.17 Å². The number of amides is 2. The second-order valence-corrected chi connectivity index (χ2v) is 9.06. The van der Waals surface area contributed by atoms with Crippen LogP contribution in [0.2, 0.25) is 0 Å². The van der Waals surface area contributed by atoms with Gasteiger partial charge < -0.3 is 20.7 Å². The molecule has 3 heterocycles. The average Bonchev–Trinajstić information content (AvgIpc) is 3.28. The highest BCUT2D eigenvalue weighted by atomic mass is 16.5. The Balaban J connectivity index is 1.57. The molecule has 1 saturated heterocycles. The molecule has 2 amide bonds. The topological polar surface area (TPSA) is 114 Å². The Kier molecular flexibility index (Phi) is 6.29. The molecule has 0 bridgehead atoms. The monoisotopic (exact) mass is 486 g/mol. The highest BCUT2D eigenvalue weighted by Gasteiger charge is 2.32. The van der Waals surface area contributed by atoms with Gasteiger partial charge in [0, 0.05) is 55.0 Å². The van der Waals surface area contributed by atoms with E-state index in [-0.39, 0.29) is 12.1 Å². The Labute approximate surface area is 209 Å². The highest BCUT2D eigenvalue weighted by Crippen LogP contribution is 2.37. The Morgan fingerprint density at radius 1 is 1.11 bits per heavy atom. The molecule has 36 heavy (non-hydrogen) atoms. The first kappa shape index (κ1) is 23.7. The second kappa shape index (κ2) is 9.56. The number of fused-ring (bicyclic) bond motifs is 1. The van der Waals surface area contributed by atoms with Crippen molar-refractivity contribution >= 4 is 22.6 Å². The average molecular weight is 487 g/mol. The number of carbonyl (C=O) groups excluding carboxylic acids is 1. The number of rotatable bonds is 4. The Morgan fingerprint density at radius 3 is 2.64 bits per heavy atom. The van der Waals surface area contributed by atoms with E-state index in [0.29, 0.717) is 23.5 Å². The fourth-order valence-electron chi connectivity index (χ4n) is 4.60. The molecule has 1 fully saturated rings. The lowest BCUT2D eigenvalue weighted by molar-refractivity contribution is 0.0737. The highest BCUT2D eigenvalue weighted by molar-refractivity contribution is 6.01. The molecule has 186 valence electrons. The lowest BCUT2D eigenvalue weighted by atomic mass is 10.0. The van der Waals surface area contributed by atoms with Crippen LogP contribution in [0.5, 0.6) is 5.75 Å². The maximum atomic E-state index is 13.2. The van der Waals surface area contributed by atoms with E-state index in [1.54, 1.807) is 22.8 Å². The second-order valence-electron chi connectivity index (χ2n) is 9.06. The summed E-state index contributed by atoms with van der Waals surface area (Å²) in [6, 6.07) is 13.4. The molecule has 0 spiro atoms. The van der Waals surface area contributed by atoms with Gasteiger partial charge in [0.15, 0.2) is 0 Å². The summed E-state index contributed by atoms with van der Waals surface area (Å²) in [6.07, 6.45) is 3.05. The number of piperazine rings is 1. The van der Waals surface area contributed by atoms with Crippen LogP contribution < -0.4 is 15.8 Å². The summed E-state index contributed by atoms with van der Waals surface area (Å²) in [5.41, 5.74) is 11.0. The van der Waals surface area contributed by atoms with E-state index in [4.69, 9.17) is 10.5 Å². The van der Waals surface area contributed by atoms with Gasteiger partial charge in [-0.3, -0.25) is 9.58 Å². The number of methoxy groups -OCH3 is 1. The SMILES string of the molecule is COc1cc2ncnc(-c3cn(C)nc3-c3ccccc3)c2cc1NC(=O)N1CCN(C)[C@H](C)[C@@H]1N. The van der Waals surface area contributed by atoms with Gasteiger partial charge in [-0.1, -0.05) is 30.3 Å². The summed E-state index contributed by atoms with van der Waals surface area (Å²) in [4.78, 5) is 26.1. The lowest BCUT2D eigenvalue weighted by Crippen LogP contribution is -2.63. The predicted molar refractivity (Wildman–Crippen MR) is 140 cm³/mol. The summed E-state index contributed by atoms with van der Waals surface area (Å²) < 4.78 is 7.37. The van der Waals surface area contributed by atoms with Gasteiger partial charge in [-0.2, -0.15) is 5.10 Å². The molecule has 2 aromatic carbocycles. The zero-order chi connectivity index (χ0) is 25.4. The molecule has 1 aliphatic heterocycles. The third-order valence-electron chi connectivity index (χ3n) is 6.83. The number of carbonyl (C=O) groups is 1. The van der Waals surface area contributed by atoms with Crippen LogP contribution in [0.25, 0.3) is 33.4 Å².